The third kappa shape index (κ3) is 2.77. The lowest BCUT2D eigenvalue weighted by atomic mass is 10.0. The SMILES string of the molecule is CCOC(=O)CC(N)c1ccc2c(c1)CCO2. The summed E-state index contributed by atoms with van der Waals surface area (Å²) in [5, 5.41) is 0. The summed E-state index contributed by atoms with van der Waals surface area (Å²) in [6.45, 7) is 2.91. The molecule has 0 spiro atoms. The molecule has 1 heterocycles. The van der Waals surface area contributed by atoms with E-state index in [1.807, 2.05) is 18.2 Å². The van der Waals surface area contributed by atoms with Crippen molar-refractivity contribution >= 4 is 5.97 Å². The molecule has 1 aromatic carbocycles. The van der Waals surface area contributed by atoms with E-state index in [1.165, 1.54) is 5.56 Å². The summed E-state index contributed by atoms with van der Waals surface area (Å²) >= 11 is 0. The lowest BCUT2D eigenvalue weighted by Gasteiger charge is -2.12. The van der Waals surface area contributed by atoms with E-state index in [1.54, 1.807) is 6.92 Å². The van der Waals surface area contributed by atoms with Gasteiger partial charge < -0.3 is 15.2 Å². The zero-order chi connectivity index (χ0) is 12.3. The Balaban J connectivity index is 2.04. The van der Waals surface area contributed by atoms with Gasteiger partial charge in [-0.2, -0.15) is 0 Å². The highest BCUT2D eigenvalue weighted by Crippen LogP contribution is 2.28. The van der Waals surface area contributed by atoms with Gasteiger partial charge in [0.05, 0.1) is 19.6 Å². The van der Waals surface area contributed by atoms with Crippen LogP contribution >= 0.6 is 0 Å². The quantitative estimate of drug-likeness (QED) is 0.805. The molecule has 1 atom stereocenters. The Kier molecular flexibility index (Phi) is 3.64. The smallest absolute Gasteiger partial charge is 0.307 e. The molecule has 0 aromatic heterocycles. The fourth-order valence-corrected chi connectivity index (χ4v) is 1.95. The molecule has 0 radical (unpaired) electrons. The second-order valence-corrected chi connectivity index (χ2v) is 4.08. The third-order valence-corrected chi connectivity index (χ3v) is 2.83. The topological polar surface area (TPSA) is 61.5 Å². The average Bonchev–Trinajstić information content (AvgIpc) is 2.75. The first-order valence-electron chi connectivity index (χ1n) is 5.87. The molecule has 1 aliphatic heterocycles. The van der Waals surface area contributed by atoms with Crippen LogP contribution in [0, 0.1) is 0 Å². The van der Waals surface area contributed by atoms with Gasteiger partial charge in [0.25, 0.3) is 0 Å². The van der Waals surface area contributed by atoms with Crippen LogP contribution in [0.5, 0.6) is 5.75 Å². The van der Waals surface area contributed by atoms with Crippen LogP contribution in [0.4, 0.5) is 0 Å². The van der Waals surface area contributed by atoms with Crippen LogP contribution in [-0.4, -0.2) is 19.2 Å². The van der Waals surface area contributed by atoms with E-state index in [4.69, 9.17) is 15.2 Å². The molecule has 0 saturated heterocycles. The number of rotatable bonds is 4. The lowest BCUT2D eigenvalue weighted by Crippen LogP contribution is -2.17. The number of benzene rings is 1. The Labute approximate surface area is 101 Å². The minimum Gasteiger partial charge on any atom is -0.493 e. The molecular formula is C13H17NO3. The van der Waals surface area contributed by atoms with Gasteiger partial charge in [0.15, 0.2) is 0 Å². The van der Waals surface area contributed by atoms with E-state index in [0.717, 1.165) is 24.3 Å². The van der Waals surface area contributed by atoms with Crippen molar-refractivity contribution in [2.45, 2.75) is 25.8 Å². The van der Waals surface area contributed by atoms with E-state index in [0.29, 0.717) is 6.61 Å². The molecule has 1 aliphatic rings. The standard InChI is InChI=1S/C13H17NO3/c1-2-16-13(15)8-11(14)9-3-4-12-10(7-9)5-6-17-12/h3-4,7,11H,2,5-6,8,14H2,1H3. The highest BCUT2D eigenvalue weighted by molar-refractivity contribution is 5.70. The molecule has 17 heavy (non-hydrogen) atoms. The molecule has 1 unspecified atom stereocenters. The fraction of sp³-hybridized carbons (Fsp3) is 0.462. The Morgan fingerprint density at radius 1 is 1.59 bits per heavy atom. The van der Waals surface area contributed by atoms with Crippen LogP contribution in [0.25, 0.3) is 0 Å². The fourth-order valence-electron chi connectivity index (χ4n) is 1.95. The maximum Gasteiger partial charge on any atom is 0.307 e. The van der Waals surface area contributed by atoms with E-state index < -0.39 is 0 Å². The summed E-state index contributed by atoms with van der Waals surface area (Å²) in [6.07, 6.45) is 1.13. The van der Waals surface area contributed by atoms with Gasteiger partial charge in [-0.1, -0.05) is 12.1 Å². The average molecular weight is 235 g/mol. The Morgan fingerprint density at radius 3 is 3.18 bits per heavy atom. The second-order valence-electron chi connectivity index (χ2n) is 4.08. The third-order valence-electron chi connectivity index (χ3n) is 2.83. The summed E-state index contributed by atoms with van der Waals surface area (Å²) in [5.41, 5.74) is 8.11. The van der Waals surface area contributed by atoms with Crippen LogP contribution in [0.15, 0.2) is 18.2 Å². The monoisotopic (exact) mass is 235 g/mol. The maximum absolute atomic E-state index is 11.3. The Morgan fingerprint density at radius 2 is 2.41 bits per heavy atom. The molecule has 1 aromatic rings. The van der Waals surface area contributed by atoms with Crippen molar-refractivity contribution in [1.82, 2.24) is 0 Å². The lowest BCUT2D eigenvalue weighted by molar-refractivity contribution is -0.143. The van der Waals surface area contributed by atoms with Gasteiger partial charge >= 0.3 is 5.97 Å². The van der Waals surface area contributed by atoms with Gasteiger partial charge in [-0.05, 0) is 24.1 Å². The molecule has 2 rings (SSSR count). The summed E-state index contributed by atoms with van der Waals surface area (Å²) in [6, 6.07) is 5.54. The molecule has 4 heteroatoms. The molecule has 0 bridgehead atoms. The van der Waals surface area contributed by atoms with E-state index in [9.17, 15) is 4.79 Å². The Bertz CT molecular complexity index is 417. The van der Waals surface area contributed by atoms with Crippen molar-refractivity contribution in [3.05, 3.63) is 29.3 Å². The number of nitrogens with two attached hydrogens (primary N) is 1. The Hall–Kier alpha value is -1.55. The number of hydrogen-bond donors (Lipinski definition) is 1. The van der Waals surface area contributed by atoms with Gasteiger partial charge in [0.2, 0.25) is 0 Å². The number of fused-ring (bicyclic) bond motifs is 1. The van der Waals surface area contributed by atoms with Crippen LogP contribution in [-0.2, 0) is 16.0 Å². The van der Waals surface area contributed by atoms with Gasteiger partial charge in [-0.25, -0.2) is 0 Å². The molecule has 92 valence electrons. The number of ether oxygens (including phenoxy) is 2. The van der Waals surface area contributed by atoms with Gasteiger partial charge in [0, 0.05) is 12.5 Å². The zero-order valence-electron chi connectivity index (χ0n) is 9.94. The molecule has 0 aliphatic carbocycles. The maximum atomic E-state index is 11.3. The van der Waals surface area contributed by atoms with Gasteiger partial charge in [-0.3, -0.25) is 4.79 Å². The molecular weight excluding hydrogens is 218 g/mol. The first kappa shape index (κ1) is 11.9. The predicted octanol–water partition coefficient (Wildman–Crippen LogP) is 1.57. The minimum absolute atomic E-state index is 0.216. The van der Waals surface area contributed by atoms with Crippen molar-refractivity contribution < 1.29 is 14.3 Å². The summed E-state index contributed by atoms with van der Waals surface area (Å²) in [4.78, 5) is 11.3. The summed E-state index contributed by atoms with van der Waals surface area (Å²) in [5.74, 6) is 0.675. The first-order valence-corrected chi connectivity index (χ1v) is 5.87. The molecule has 0 fully saturated rings. The van der Waals surface area contributed by atoms with E-state index in [2.05, 4.69) is 0 Å². The van der Waals surface area contributed by atoms with Crippen LogP contribution in [0.3, 0.4) is 0 Å². The minimum atomic E-state index is -0.306. The molecule has 0 amide bonds. The van der Waals surface area contributed by atoms with Crippen LogP contribution in [0.2, 0.25) is 0 Å². The molecule has 2 N–H and O–H groups in total. The largest absolute Gasteiger partial charge is 0.493 e. The van der Waals surface area contributed by atoms with Crippen molar-refractivity contribution in [2.24, 2.45) is 5.73 Å². The van der Waals surface area contributed by atoms with Crippen LogP contribution < -0.4 is 10.5 Å². The number of carbonyl (C=O) groups excluding carboxylic acids is 1. The van der Waals surface area contributed by atoms with Crippen molar-refractivity contribution in [3.63, 3.8) is 0 Å². The van der Waals surface area contributed by atoms with Crippen molar-refractivity contribution in [2.75, 3.05) is 13.2 Å². The molecule has 4 nitrogen and oxygen atoms in total. The summed E-state index contributed by atoms with van der Waals surface area (Å²) in [7, 11) is 0. The van der Waals surface area contributed by atoms with E-state index in [-0.39, 0.29) is 18.4 Å². The van der Waals surface area contributed by atoms with Crippen molar-refractivity contribution in [3.8, 4) is 5.75 Å². The first-order chi connectivity index (χ1) is 8.20. The molecule has 0 saturated carbocycles. The zero-order valence-corrected chi connectivity index (χ0v) is 9.94. The number of hydrogen-bond acceptors (Lipinski definition) is 4. The normalized spacial score (nSPS) is 14.9. The van der Waals surface area contributed by atoms with Crippen molar-refractivity contribution in [1.29, 1.82) is 0 Å². The van der Waals surface area contributed by atoms with E-state index >= 15 is 0 Å². The number of esters is 1. The second kappa shape index (κ2) is 5.19. The number of carbonyl (C=O) groups is 1. The van der Waals surface area contributed by atoms with Gasteiger partial charge in [0.1, 0.15) is 5.75 Å². The van der Waals surface area contributed by atoms with Crippen LogP contribution in [0.1, 0.15) is 30.5 Å². The predicted molar refractivity (Wildman–Crippen MR) is 63.8 cm³/mol. The summed E-state index contributed by atoms with van der Waals surface area (Å²) < 4.78 is 10.3. The van der Waals surface area contributed by atoms with Gasteiger partial charge in [-0.15, -0.1) is 0 Å². The highest BCUT2D eigenvalue weighted by Gasteiger charge is 2.17. The highest BCUT2D eigenvalue weighted by atomic mass is 16.5.